The molecule has 0 saturated carbocycles. The molecule has 5 aromatic rings. The van der Waals surface area contributed by atoms with Crippen molar-refractivity contribution in [3.8, 4) is 5.13 Å². The molecule has 8 nitrogen and oxygen atoms in total. The molecule has 3 aromatic heterocycles. The number of rotatable bonds is 3. The number of fused-ring (bicyclic) bond motifs is 2. The van der Waals surface area contributed by atoms with Crippen LogP contribution >= 0.6 is 11.3 Å². The Hall–Kier alpha value is -3.59. The number of nitrogens with zero attached hydrogens (tertiary/aromatic N) is 5. The summed E-state index contributed by atoms with van der Waals surface area (Å²) >= 11 is 1.53. The van der Waals surface area contributed by atoms with Gasteiger partial charge in [-0.05, 0) is 36.4 Å². The van der Waals surface area contributed by atoms with Crippen molar-refractivity contribution in [1.82, 2.24) is 29.9 Å². The lowest BCUT2D eigenvalue weighted by atomic mass is 10.2. The van der Waals surface area contributed by atoms with Crippen LogP contribution in [-0.4, -0.2) is 35.9 Å². The fourth-order valence-corrected chi connectivity index (χ4v) is 3.62. The molecule has 0 unspecified atom stereocenters. The molecule has 0 atom stereocenters. The van der Waals surface area contributed by atoms with Gasteiger partial charge in [-0.3, -0.25) is 9.36 Å². The van der Waals surface area contributed by atoms with E-state index in [0.717, 1.165) is 20.9 Å². The number of carbonyl (C=O) groups excluding carboxylic acids is 1. The molecular weight excluding hydrogens is 350 g/mol. The van der Waals surface area contributed by atoms with Crippen LogP contribution < -0.4 is 5.32 Å². The normalized spacial score (nSPS) is 11.2. The van der Waals surface area contributed by atoms with Crippen LogP contribution in [0, 0.1) is 0 Å². The summed E-state index contributed by atoms with van der Waals surface area (Å²) in [6, 6.07) is 10.8. The van der Waals surface area contributed by atoms with Crippen LogP contribution in [-0.2, 0) is 0 Å². The number of aromatic amines is 1. The summed E-state index contributed by atoms with van der Waals surface area (Å²) in [4.78, 5) is 21.1. The minimum Gasteiger partial charge on any atom is -0.322 e. The predicted octanol–water partition coefficient (Wildman–Crippen LogP) is 3.01. The average molecular weight is 361 g/mol. The number of hydrogen-bond donors (Lipinski definition) is 2. The summed E-state index contributed by atoms with van der Waals surface area (Å²) in [6.45, 7) is 0. The average Bonchev–Trinajstić information content (AvgIpc) is 3.39. The zero-order valence-corrected chi connectivity index (χ0v) is 14.1. The van der Waals surface area contributed by atoms with Crippen molar-refractivity contribution >= 4 is 44.2 Å². The number of amides is 1. The Labute approximate surface area is 150 Å². The number of H-pyrrole nitrogens is 1. The summed E-state index contributed by atoms with van der Waals surface area (Å²) in [7, 11) is 0. The van der Waals surface area contributed by atoms with Gasteiger partial charge in [0.05, 0.1) is 10.2 Å². The van der Waals surface area contributed by atoms with E-state index in [0.29, 0.717) is 16.8 Å². The lowest BCUT2D eigenvalue weighted by Gasteiger charge is -2.05. The Morgan fingerprint density at radius 2 is 1.96 bits per heavy atom. The maximum absolute atomic E-state index is 12.5. The van der Waals surface area contributed by atoms with Crippen LogP contribution in [0.3, 0.4) is 0 Å². The Kier molecular flexibility index (Phi) is 3.25. The summed E-state index contributed by atoms with van der Waals surface area (Å²) in [6.07, 6.45) is 5.27. The number of aromatic nitrogens is 6. The predicted molar refractivity (Wildman–Crippen MR) is 98.6 cm³/mol. The summed E-state index contributed by atoms with van der Waals surface area (Å²) in [5.74, 6) is -0.200. The Bertz CT molecular complexity index is 1240. The zero-order valence-electron chi connectivity index (χ0n) is 13.2. The van der Waals surface area contributed by atoms with Crippen molar-refractivity contribution < 1.29 is 4.79 Å². The Morgan fingerprint density at radius 1 is 1.08 bits per heavy atom. The molecule has 0 fully saturated rings. The lowest BCUT2D eigenvalue weighted by Crippen LogP contribution is -2.11. The molecule has 26 heavy (non-hydrogen) atoms. The quantitative estimate of drug-likeness (QED) is 0.514. The number of benzene rings is 2. The minimum absolute atomic E-state index is 0.200. The van der Waals surface area contributed by atoms with Crippen molar-refractivity contribution in [3.63, 3.8) is 0 Å². The molecule has 2 aromatic carbocycles. The van der Waals surface area contributed by atoms with E-state index in [2.05, 4.69) is 30.7 Å². The van der Waals surface area contributed by atoms with Gasteiger partial charge >= 0.3 is 0 Å². The van der Waals surface area contributed by atoms with Crippen molar-refractivity contribution in [2.75, 3.05) is 5.32 Å². The third kappa shape index (κ3) is 2.50. The SMILES string of the molecule is O=C(Nc1ccc2nc(-n3ccnc3)sc2c1)c1ccc2n[nH]nc2c1. The van der Waals surface area contributed by atoms with E-state index in [1.807, 2.05) is 29.0 Å². The smallest absolute Gasteiger partial charge is 0.255 e. The molecule has 0 radical (unpaired) electrons. The largest absolute Gasteiger partial charge is 0.322 e. The first kappa shape index (κ1) is 14.7. The van der Waals surface area contributed by atoms with Gasteiger partial charge in [0.2, 0.25) is 0 Å². The first-order valence-electron chi connectivity index (χ1n) is 7.77. The number of imidazole rings is 1. The topological polar surface area (TPSA) is 101 Å². The highest BCUT2D eigenvalue weighted by Crippen LogP contribution is 2.27. The van der Waals surface area contributed by atoms with E-state index in [4.69, 9.17) is 0 Å². The fraction of sp³-hybridized carbons (Fsp3) is 0. The van der Waals surface area contributed by atoms with Gasteiger partial charge in [0.15, 0.2) is 5.13 Å². The third-order valence-corrected chi connectivity index (χ3v) is 4.97. The highest BCUT2D eigenvalue weighted by atomic mass is 32.1. The standard InChI is InChI=1S/C17H11N7OS/c25-16(10-1-3-12-14(7-10)22-23-21-12)19-11-2-4-13-15(8-11)26-17(20-13)24-6-5-18-9-24/h1-9H,(H,19,25)(H,21,22,23). The fourth-order valence-electron chi connectivity index (χ4n) is 2.66. The van der Waals surface area contributed by atoms with E-state index in [1.165, 1.54) is 11.3 Å². The summed E-state index contributed by atoms with van der Waals surface area (Å²) in [5.41, 5.74) is 3.49. The van der Waals surface area contributed by atoms with Gasteiger partial charge in [0.25, 0.3) is 5.91 Å². The lowest BCUT2D eigenvalue weighted by molar-refractivity contribution is 0.102. The molecule has 9 heteroatoms. The summed E-state index contributed by atoms with van der Waals surface area (Å²) in [5, 5.41) is 14.3. The van der Waals surface area contributed by atoms with E-state index >= 15 is 0 Å². The summed E-state index contributed by atoms with van der Waals surface area (Å²) < 4.78 is 2.84. The second-order valence-electron chi connectivity index (χ2n) is 5.63. The molecule has 2 N–H and O–H groups in total. The number of nitrogens with one attached hydrogen (secondary N) is 2. The van der Waals surface area contributed by atoms with Crippen molar-refractivity contribution in [2.45, 2.75) is 0 Å². The van der Waals surface area contributed by atoms with Crippen LogP contribution in [0.1, 0.15) is 10.4 Å². The molecular formula is C17H11N7OS. The first-order valence-corrected chi connectivity index (χ1v) is 8.59. The molecule has 0 saturated heterocycles. The number of thiazole rings is 1. The molecule has 0 aliphatic heterocycles. The molecule has 126 valence electrons. The second kappa shape index (κ2) is 5.74. The molecule has 0 bridgehead atoms. The van der Waals surface area contributed by atoms with E-state index in [9.17, 15) is 4.79 Å². The second-order valence-corrected chi connectivity index (χ2v) is 6.64. The van der Waals surface area contributed by atoms with Gasteiger partial charge in [0.1, 0.15) is 17.4 Å². The number of carbonyl (C=O) groups is 1. The highest BCUT2D eigenvalue weighted by Gasteiger charge is 2.11. The third-order valence-electron chi connectivity index (χ3n) is 3.94. The van der Waals surface area contributed by atoms with Gasteiger partial charge in [-0.15, -0.1) is 0 Å². The van der Waals surface area contributed by atoms with E-state index in [1.54, 1.807) is 30.7 Å². The van der Waals surface area contributed by atoms with Gasteiger partial charge in [-0.1, -0.05) is 11.3 Å². The van der Waals surface area contributed by atoms with Crippen LogP contribution in [0.5, 0.6) is 0 Å². The Balaban J connectivity index is 1.44. The van der Waals surface area contributed by atoms with Crippen LogP contribution in [0.15, 0.2) is 55.1 Å². The van der Waals surface area contributed by atoms with Gasteiger partial charge in [-0.2, -0.15) is 15.4 Å². The van der Waals surface area contributed by atoms with Crippen molar-refractivity contribution in [3.05, 3.63) is 60.7 Å². The molecule has 0 aliphatic carbocycles. The van der Waals surface area contributed by atoms with E-state index < -0.39 is 0 Å². The van der Waals surface area contributed by atoms with Crippen LogP contribution in [0.4, 0.5) is 5.69 Å². The monoisotopic (exact) mass is 361 g/mol. The maximum atomic E-state index is 12.5. The first-order chi connectivity index (χ1) is 12.8. The van der Waals surface area contributed by atoms with Crippen LogP contribution in [0.2, 0.25) is 0 Å². The van der Waals surface area contributed by atoms with Gasteiger partial charge in [-0.25, -0.2) is 9.97 Å². The molecule has 0 spiro atoms. The molecule has 3 heterocycles. The number of anilines is 1. The maximum Gasteiger partial charge on any atom is 0.255 e. The number of hydrogen-bond acceptors (Lipinski definition) is 6. The van der Waals surface area contributed by atoms with Crippen molar-refractivity contribution in [2.24, 2.45) is 0 Å². The van der Waals surface area contributed by atoms with Crippen LogP contribution in [0.25, 0.3) is 26.4 Å². The molecule has 0 aliphatic rings. The van der Waals surface area contributed by atoms with E-state index in [-0.39, 0.29) is 5.91 Å². The minimum atomic E-state index is -0.200. The molecule has 1 amide bonds. The molecule has 5 rings (SSSR count). The van der Waals surface area contributed by atoms with Gasteiger partial charge < -0.3 is 5.32 Å². The Morgan fingerprint density at radius 3 is 2.85 bits per heavy atom. The van der Waals surface area contributed by atoms with Crippen molar-refractivity contribution in [1.29, 1.82) is 0 Å². The van der Waals surface area contributed by atoms with Gasteiger partial charge in [0, 0.05) is 23.6 Å². The highest BCUT2D eigenvalue weighted by molar-refractivity contribution is 7.20. The zero-order chi connectivity index (χ0) is 17.5.